The van der Waals surface area contributed by atoms with Crippen molar-refractivity contribution in [3.63, 3.8) is 0 Å². The first-order valence-electron chi connectivity index (χ1n) is 17.9. The normalized spacial score (nSPS) is 11.8. The van der Waals surface area contributed by atoms with Crippen molar-refractivity contribution in [1.82, 2.24) is 15.0 Å². The Bertz CT molecular complexity index is 3160. The zero-order chi connectivity index (χ0) is 34.9. The lowest BCUT2D eigenvalue weighted by molar-refractivity contribution is 1.08. The maximum absolute atomic E-state index is 5.06. The number of rotatable bonds is 4. The lowest BCUT2D eigenvalue weighted by atomic mass is 9.91. The van der Waals surface area contributed by atoms with Gasteiger partial charge in [0, 0.05) is 36.9 Å². The van der Waals surface area contributed by atoms with Gasteiger partial charge in [-0.15, -0.1) is 11.3 Å². The van der Waals surface area contributed by atoms with Crippen LogP contribution < -0.4 is 0 Å². The monoisotopic (exact) mass is 691 g/mol. The molecule has 0 aliphatic heterocycles. The molecule has 246 valence electrons. The smallest absolute Gasteiger partial charge is 0.164 e. The molecule has 2 heterocycles. The van der Waals surface area contributed by atoms with Crippen LogP contribution in [0.4, 0.5) is 0 Å². The summed E-state index contributed by atoms with van der Waals surface area (Å²) in [5.74, 6) is 1.97. The van der Waals surface area contributed by atoms with E-state index < -0.39 is 0 Å². The van der Waals surface area contributed by atoms with Crippen LogP contribution in [0.3, 0.4) is 0 Å². The molecule has 0 amide bonds. The highest BCUT2D eigenvalue weighted by Crippen LogP contribution is 2.41. The average molecular weight is 692 g/mol. The summed E-state index contributed by atoms with van der Waals surface area (Å²) in [6.07, 6.45) is 0. The third kappa shape index (κ3) is 4.91. The number of hydrogen-bond acceptors (Lipinski definition) is 4. The first-order valence-corrected chi connectivity index (χ1v) is 18.7. The number of aromatic nitrogens is 3. The summed E-state index contributed by atoms with van der Waals surface area (Å²) in [5, 5.41) is 12.6. The van der Waals surface area contributed by atoms with E-state index in [0.717, 1.165) is 27.5 Å². The van der Waals surface area contributed by atoms with Gasteiger partial charge in [-0.3, -0.25) is 0 Å². The minimum atomic E-state index is 0.657. The molecule has 2 aromatic heterocycles. The summed E-state index contributed by atoms with van der Waals surface area (Å²) in [4.78, 5) is 15.0. The standard InChI is InChI=1S/C49H29N3S/c1-3-11-31(12-4-1)47-50-48(32-13-5-2-6-14-32)52-49(51-47)41-19-10-17-38-36(16-9-18-39(38)41)33-25-26-37-34(27-33)23-21-30-22-24-35-28-43-40-15-7-8-20-44(40)53-45(43)29-42(35)46(30)37/h1-29H. The predicted octanol–water partition coefficient (Wildman–Crippen LogP) is 13.5. The Morgan fingerprint density at radius 2 is 0.887 bits per heavy atom. The van der Waals surface area contributed by atoms with Crippen LogP contribution in [0, 0.1) is 0 Å². The third-order valence-electron chi connectivity index (χ3n) is 10.5. The average Bonchev–Trinajstić information content (AvgIpc) is 3.60. The van der Waals surface area contributed by atoms with Crippen LogP contribution in [0.1, 0.15) is 0 Å². The van der Waals surface area contributed by atoms with Gasteiger partial charge in [0.1, 0.15) is 0 Å². The molecule has 11 rings (SSSR count). The van der Waals surface area contributed by atoms with E-state index in [1.54, 1.807) is 0 Å². The van der Waals surface area contributed by atoms with Crippen LogP contribution in [-0.2, 0) is 0 Å². The summed E-state index contributed by atoms with van der Waals surface area (Å²) in [7, 11) is 0. The number of benzene rings is 9. The summed E-state index contributed by atoms with van der Waals surface area (Å²) < 4.78 is 2.66. The molecule has 0 aliphatic rings. The quantitative estimate of drug-likeness (QED) is 0.172. The molecule has 53 heavy (non-hydrogen) atoms. The fourth-order valence-corrected chi connectivity index (χ4v) is 9.09. The van der Waals surface area contributed by atoms with Crippen LogP contribution >= 0.6 is 11.3 Å². The van der Waals surface area contributed by atoms with E-state index in [2.05, 4.69) is 115 Å². The van der Waals surface area contributed by atoms with Gasteiger partial charge < -0.3 is 0 Å². The molecule has 11 aromatic rings. The van der Waals surface area contributed by atoms with E-state index in [-0.39, 0.29) is 0 Å². The SMILES string of the molecule is c1ccc(-c2nc(-c3ccccc3)nc(-c3cccc4c(-c5ccc6c(ccc7ccc8cc9c(cc8c76)sc6ccccc69)c5)cccc34)n2)cc1. The fraction of sp³-hybridized carbons (Fsp3) is 0. The second-order valence-corrected chi connectivity index (χ2v) is 14.7. The molecule has 0 N–H and O–H groups in total. The van der Waals surface area contributed by atoms with E-state index in [1.165, 1.54) is 63.6 Å². The molecule has 3 nitrogen and oxygen atoms in total. The molecule has 0 atom stereocenters. The molecule has 9 aromatic carbocycles. The van der Waals surface area contributed by atoms with Gasteiger partial charge in [0.2, 0.25) is 0 Å². The van der Waals surface area contributed by atoms with Crippen molar-refractivity contribution in [3.8, 4) is 45.3 Å². The van der Waals surface area contributed by atoms with Gasteiger partial charge in [-0.2, -0.15) is 0 Å². The van der Waals surface area contributed by atoms with Crippen LogP contribution in [0.5, 0.6) is 0 Å². The largest absolute Gasteiger partial charge is 0.208 e. The van der Waals surface area contributed by atoms with Gasteiger partial charge in [0.05, 0.1) is 0 Å². The van der Waals surface area contributed by atoms with Crippen molar-refractivity contribution >= 4 is 74.6 Å². The van der Waals surface area contributed by atoms with Gasteiger partial charge in [-0.1, -0.05) is 152 Å². The van der Waals surface area contributed by atoms with Crippen LogP contribution in [0.15, 0.2) is 176 Å². The first kappa shape index (κ1) is 29.9. The molecule has 4 heteroatoms. The summed E-state index contributed by atoms with van der Waals surface area (Å²) in [5.41, 5.74) is 5.25. The number of nitrogens with zero attached hydrogens (tertiary/aromatic N) is 3. The van der Waals surface area contributed by atoms with E-state index in [9.17, 15) is 0 Å². The van der Waals surface area contributed by atoms with Crippen molar-refractivity contribution in [3.05, 3.63) is 176 Å². The molecular weight excluding hydrogens is 663 g/mol. The lowest BCUT2D eigenvalue weighted by Crippen LogP contribution is -2.00. The summed E-state index contributed by atoms with van der Waals surface area (Å²) in [6.45, 7) is 0. The number of thiophene rings is 1. The Morgan fingerprint density at radius 1 is 0.302 bits per heavy atom. The molecule has 0 radical (unpaired) electrons. The molecule has 0 saturated carbocycles. The van der Waals surface area contributed by atoms with Gasteiger partial charge in [0.25, 0.3) is 0 Å². The third-order valence-corrected chi connectivity index (χ3v) is 11.6. The zero-order valence-electron chi connectivity index (χ0n) is 28.5. The number of fused-ring (bicyclic) bond motifs is 9. The first-order chi connectivity index (χ1) is 26.2. The maximum atomic E-state index is 5.06. The minimum Gasteiger partial charge on any atom is -0.208 e. The highest BCUT2D eigenvalue weighted by Gasteiger charge is 2.16. The maximum Gasteiger partial charge on any atom is 0.164 e. The van der Waals surface area contributed by atoms with Crippen molar-refractivity contribution in [2.45, 2.75) is 0 Å². The Morgan fingerprint density at radius 3 is 1.62 bits per heavy atom. The van der Waals surface area contributed by atoms with E-state index in [0.29, 0.717) is 17.5 Å². The summed E-state index contributed by atoms with van der Waals surface area (Å²) >= 11 is 1.88. The van der Waals surface area contributed by atoms with Crippen LogP contribution in [-0.4, -0.2) is 15.0 Å². The highest BCUT2D eigenvalue weighted by molar-refractivity contribution is 7.25. The van der Waals surface area contributed by atoms with Gasteiger partial charge in [-0.05, 0) is 78.5 Å². The second-order valence-electron chi connectivity index (χ2n) is 13.6. The van der Waals surface area contributed by atoms with E-state index in [1.807, 2.05) is 72.0 Å². The van der Waals surface area contributed by atoms with Crippen molar-refractivity contribution < 1.29 is 0 Å². The second kappa shape index (κ2) is 11.9. The molecule has 0 spiro atoms. The van der Waals surface area contributed by atoms with Crippen molar-refractivity contribution in [2.75, 3.05) is 0 Å². The number of hydrogen-bond donors (Lipinski definition) is 0. The predicted molar refractivity (Wildman–Crippen MR) is 224 cm³/mol. The molecular formula is C49H29N3S. The summed E-state index contributed by atoms with van der Waals surface area (Å²) in [6, 6.07) is 62.8. The van der Waals surface area contributed by atoms with Crippen molar-refractivity contribution in [1.29, 1.82) is 0 Å². The molecule has 0 fully saturated rings. The molecule has 0 aliphatic carbocycles. The molecule has 0 bridgehead atoms. The molecule has 0 saturated heterocycles. The molecule has 0 unspecified atom stereocenters. The van der Waals surface area contributed by atoms with Crippen LogP contribution in [0.2, 0.25) is 0 Å². The van der Waals surface area contributed by atoms with Crippen molar-refractivity contribution in [2.24, 2.45) is 0 Å². The van der Waals surface area contributed by atoms with E-state index >= 15 is 0 Å². The Labute approximate surface area is 309 Å². The van der Waals surface area contributed by atoms with Gasteiger partial charge in [0.15, 0.2) is 17.5 Å². The fourth-order valence-electron chi connectivity index (χ4n) is 7.96. The Balaban J connectivity index is 1.07. The Kier molecular flexibility index (Phi) is 6.73. The van der Waals surface area contributed by atoms with Crippen LogP contribution in [0.25, 0.3) is 109 Å². The lowest BCUT2D eigenvalue weighted by Gasteiger charge is -2.14. The highest BCUT2D eigenvalue weighted by atomic mass is 32.1. The van der Waals surface area contributed by atoms with Gasteiger partial charge >= 0.3 is 0 Å². The minimum absolute atomic E-state index is 0.657. The topological polar surface area (TPSA) is 38.7 Å². The van der Waals surface area contributed by atoms with Gasteiger partial charge in [-0.25, -0.2) is 15.0 Å². The Hall–Kier alpha value is -6.75. The zero-order valence-corrected chi connectivity index (χ0v) is 29.3. The van der Waals surface area contributed by atoms with E-state index in [4.69, 9.17) is 15.0 Å².